The van der Waals surface area contributed by atoms with Gasteiger partial charge in [-0.25, -0.2) is 0 Å². The number of hydrogen-bond donors (Lipinski definition) is 2. The molecule has 0 aliphatic heterocycles. The van der Waals surface area contributed by atoms with Crippen LogP contribution in [-0.4, -0.2) is 60.5 Å². The number of rotatable bonds is 3. The third-order valence-corrected chi connectivity index (χ3v) is 1.29. The molecule has 90 valence electrons. The predicted molar refractivity (Wildman–Crippen MR) is 57.0 cm³/mol. The summed E-state index contributed by atoms with van der Waals surface area (Å²) in [5, 5.41) is 17.1. The van der Waals surface area contributed by atoms with E-state index in [4.69, 9.17) is 21.8 Å². The Hall–Kier alpha value is 0.460. The lowest BCUT2D eigenvalue weighted by atomic mass is 10.3. The Kier molecular flexibility index (Phi) is 14.2. The Morgan fingerprint density at radius 1 is 1.14 bits per heavy atom. The molecule has 0 saturated heterocycles. The fourth-order valence-corrected chi connectivity index (χ4v) is 0.779. The number of alkyl halides is 1. The van der Waals surface area contributed by atoms with E-state index in [9.17, 15) is 0 Å². The van der Waals surface area contributed by atoms with Gasteiger partial charge in [-0.3, -0.25) is 0 Å². The molecule has 0 aromatic carbocycles. The molecule has 1 unspecified atom stereocenters. The van der Waals surface area contributed by atoms with Crippen molar-refractivity contribution in [2.24, 2.45) is 0 Å². The van der Waals surface area contributed by atoms with Crippen molar-refractivity contribution in [3.05, 3.63) is 0 Å². The molecule has 14 heavy (non-hydrogen) atoms. The van der Waals surface area contributed by atoms with Crippen LogP contribution >= 0.6 is 11.6 Å². The summed E-state index contributed by atoms with van der Waals surface area (Å²) < 4.78 is 0.758. The third kappa shape index (κ3) is 29.4. The molecule has 3 nitrogen and oxygen atoms in total. The minimum atomic E-state index is -0.369. The Morgan fingerprint density at radius 2 is 1.43 bits per heavy atom. The van der Waals surface area contributed by atoms with Gasteiger partial charge in [-0.15, -0.1) is 11.6 Å². The van der Waals surface area contributed by atoms with E-state index in [0.717, 1.165) is 4.48 Å². The molecule has 0 radical (unpaired) electrons. The van der Waals surface area contributed by atoms with Crippen LogP contribution in [0.5, 0.6) is 0 Å². The summed E-state index contributed by atoms with van der Waals surface area (Å²) in [6.45, 7) is 4.16. The highest BCUT2D eigenvalue weighted by Crippen LogP contribution is 1.95. The average Bonchev–Trinajstić information content (AvgIpc) is 1.82. The van der Waals surface area contributed by atoms with Crippen molar-refractivity contribution in [2.45, 2.75) is 26.1 Å². The van der Waals surface area contributed by atoms with Crippen LogP contribution in [0.2, 0.25) is 0 Å². The highest BCUT2D eigenvalue weighted by molar-refractivity contribution is 6.18. The smallest absolute Gasteiger partial charge is 0.116 e. The van der Waals surface area contributed by atoms with Gasteiger partial charge >= 0.3 is 0 Å². The van der Waals surface area contributed by atoms with Crippen molar-refractivity contribution in [3.8, 4) is 0 Å². The van der Waals surface area contributed by atoms with E-state index in [0.29, 0.717) is 12.4 Å². The highest BCUT2D eigenvalue weighted by Gasteiger charge is 2.13. The minimum Gasteiger partial charge on any atom is -1.00 e. The van der Waals surface area contributed by atoms with Gasteiger partial charge < -0.3 is 27.1 Å². The molecule has 2 N–H and O–H groups in total. The fourth-order valence-electron chi connectivity index (χ4n) is 0.681. The van der Waals surface area contributed by atoms with Gasteiger partial charge in [0.25, 0.3) is 0 Å². The van der Waals surface area contributed by atoms with Crippen LogP contribution in [0.15, 0.2) is 0 Å². The van der Waals surface area contributed by atoms with Crippen LogP contribution in [0.4, 0.5) is 0 Å². The summed E-state index contributed by atoms with van der Waals surface area (Å²) >= 11 is 5.40. The monoisotopic (exact) mass is 247 g/mol. The molecule has 0 aliphatic rings. The molecule has 0 spiro atoms. The average molecular weight is 248 g/mol. The van der Waals surface area contributed by atoms with Crippen molar-refractivity contribution in [2.75, 3.05) is 33.6 Å². The zero-order valence-electron chi connectivity index (χ0n) is 9.67. The second-order valence-electron chi connectivity index (χ2n) is 4.37. The van der Waals surface area contributed by atoms with Gasteiger partial charge in [0, 0.05) is 6.10 Å². The van der Waals surface area contributed by atoms with Gasteiger partial charge in [-0.2, -0.15) is 0 Å². The van der Waals surface area contributed by atoms with Crippen LogP contribution in [0.25, 0.3) is 0 Å². The minimum absolute atomic E-state index is 0. The summed E-state index contributed by atoms with van der Waals surface area (Å²) in [5.74, 6) is 0.329. The van der Waals surface area contributed by atoms with Crippen LogP contribution < -0.4 is 12.4 Å². The molecule has 0 saturated carbocycles. The van der Waals surface area contributed by atoms with Crippen molar-refractivity contribution < 1.29 is 27.1 Å². The predicted octanol–water partition coefficient (Wildman–Crippen LogP) is -2.32. The third-order valence-electron chi connectivity index (χ3n) is 0.937. The first-order chi connectivity index (χ1) is 5.69. The summed E-state index contributed by atoms with van der Waals surface area (Å²) in [4.78, 5) is 0. The van der Waals surface area contributed by atoms with Crippen LogP contribution in [-0.2, 0) is 0 Å². The molecule has 0 rings (SSSR count). The van der Waals surface area contributed by atoms with Crippen molar-refractivity contribution in [3.63, 3.8) is 0 Å². The number of nitrogens with zero attached hydrogens (tertiary/aromatic N) is 1. The maximum Gasteiger partial charge on any atom is 0.116 e. The van der Waals surface area contributed by atoms with Crippen LogP contribution in [0, 0.1) is 0 Å². The normalized spacial score (nSPS) is 12.6. The lowest BCUT2D eigenvalue weighted by Crippen LogP contribution is -3.00. The molecule has 0 heterocycles. The van der Waals surface area contributed by atoms with Gasteiger partial charge in [-0.05, 0) is 13.8 Å². The quantitative estimate of drug-likeness (QED) is 0.435. The van der Waals surface area contributed by atoms with E-state index in [1.165, 1.54) is 0 Å². The summed E-state index contributed by atoms with van der Waals surface area (Å²) in [7, 11) is 6.07. The lowest BCUT2D eigenvalue weighted by Gasteiger charge is -2.25. The Morgan fingerprint density at radius 3 is 1.50 bits per heavy atom. The van der Waals surface area contributed by atoms with Gasteiger partial charge in [0.05, 0.1) is 27.0 Å². The standard InChI is InChI=1S/C6H15ClNO.C3H8O.ClH/c1-8(2,3)5-6(9)4-7;1-3(2)4;/h6,9H,4-5H2,1-3H3;3-4H,1-2H3;1H/q+1;;/p-1. The largest absolute Gasteiger partial charge is 1.00 e. The topological polar surface area (TPSA) is 40.5 Å². The number of aliphatic hydroxyl groups is 2. The van der Waals surface area contributed by atoms with E-state index < -0.39 is 0 Å². The molecule has 1 atom stereocenters. The van der Waals surface area contributed by atoms with E-state index >= 15 is 0 Å². The van der Waals surface area contributed by atoms with E-state index in [-0.39, 0.29) is 24.6 Å². The summed E-state index contributed by atoms with van der Waals surface area (Å²) in [6.07, 6.45) is -0.535. The van der Waals surface area contributed by atoms with Gasteiger partial charge in [-0.1, -0.05) is 0 Å². The van der Waals surface area contributed by atoms with E-state index in [1.54, 1.807) is 13.8 Å². The van der Waals surface area contributed by atoms with Crippen molar-refractivity contribution in [1.82, 2.24) is 0 Å². The SMILES string of the molecule is CC(C)O.C[N+](C)(C)CC(O)CCl.[Cl-]. The van der Waals surface area contributed by atoms with Crippen LogP contribution in [0.3, 0.4) is 0 Å². The number of quaternary nitrogens is 1. The Labute approximate surface area is 98.7 Å². The molecule has 0 fully saturated rings. The van der Waals surface area contributed by atoms with Gasteiger partial charge in [0.15, 0.2) is 0 Å². The maximum atomic E-state index is 9.05. The number of hydrogen-bond acceptors (Lipinski definition) is 2. The molecule has 0 aliphatic carbocycles. The molecule has 5 heteroatoms. The number of likely N-dealkylation sites (N-methyl/N-ethyl adjacent to an activating group) is 1. The molecular formula is C9H23Cl2NO2. The zero-order valence-corrected chi connectivity index (χ0v) is 11.2. The van der Waals surface area contributed by atoms with Gasteiger partial charge in [0.1, 0.15) is 12.6 Å². The van der Waals surface area contributed by atoms with E-state index in [2.05, 4.69) is 0 Å². The first-order valence-corrected chi connectivity index (χ1v) is 4.95. The van der Waals surface area contributed by atoms with Gasteiger partial charge in [0.2, 0.25) is 0 Å². The molecular weight excluding hydrogens is 225 g/mol. The lowest BCUT2D eigenvalue weighted by molar-refractivity contribution is -0.873. The first-order valence-electron chi connectivity index (χ1n) is 4.41. The summed E-state index contributed by atoms with van der Waals surface area (Å²) in [6, 6.07) is 0. The molecule has 0 amide bonds. The van der Waals surface area contributed by atoms with Crippen LogP contribution in [0.1, 0.15) is 13.8 Å². The Balaban J connectivity index is -0.000000209. The highest BCUT2D eigenvalue weighted by atomic mass is 35.5. The van der Waals surface area contributed by atoms with Crippen molar-refractivity contribution in [1.29, 1.82) is 0 Å². The maximum absolute atomic E-state index is 9.05. The second kappa shape index (κ2) is 9.99. The molecule has 0 bridgehead atoms. The van der Waals surface area contributed by atoms with Crippen molar-refractivity contribution >= 4 is 11.6 Å². The number of aliphatic hydroxyl groups excluding tert-OH is 2. The fraction of sp³-hybridized carbons (Fsp3) is 1.00. The molecule has 0 aromatic rings. The zero-order chi connectivity index (χ0) is 11.1. The number of halogens is 2. The Bertz CT molecular complexity index is 113. The van der Waals surface area contributed by atoms with E-state index in [1.807, 2.05) is 21.1 Å². The second-order valence-corrected chi connectivity index (χ2v) is 4.68. The summed E-state index contributed by atoms with van der Waals surface area (Å²) in [5.41, 5.74) is 0. The first kappa shape index (κ1) is 19.9. The molecule has 0 aromatic heterocycles.